The van der Waals surface area contributed by atoms with Crippen LogP contribution in [0.5, 0.6) is 0 Å². The number of ether oxygens (including phenoxy) is 1. The highest BCUT2D eigenvalue weighted by molar-refractivity contribution is 6.31. The summed E-state index contributed by atoms with van der Waals surface area (Å²) in [6, 6.07) is 4.27. The summed E-state index contributed by atoms with van der Waals surface area (Å²) in [4.78, 5) is 14.4. The van der Waals surface area contributed by atoms with E-state index in [0.29, 0.717) is 18.3 Å². The first-order valence-corrected chi connectivity index (χ1v) is 7.77. The summed E-state index contributed by atoms with van der Waals surface area (Å²) >= 11 is 5.70. The molecule has 1 aromatic rings. The van der Waals surface area contributed by atoms with Crippen molar-refractivity contribution in [3.63, 3.8) is 0 Å². The topological polar surface area (TPSA) is 53.6 Å². The lowest BCUT2D eigenvalue weighted by Crippen LogP contribution is -2.45. The molecule has 0 radical (unpaired) electrons. The number of carbonyl (C=O) groups excluding carboxylic acids is 1. The van der Waals surface area contributed by atoms with Gasteiger partial charge < -0.3 is 15.4 Å². The Hall–Kier alpha value is -1.37. The van der Waals surface area contributed by atoms with Crippen LogP contribution >= 0.6 is 11.6 Å². The van der Waals surface area contributed by atoms with E-state index in [2.05, 4.69) is 22.5 Å². The van der Waals surface area contributed by atoms with Gasteiger partial charge in [0.25, 0.3) is 0 Å². The standard InChI is InChI=1S/C15H19ClFN3O2/c1-9-6-20-7-11(4-12(20)8-22-9)19-15(21)18-10-2-3-14(17)13(16)5-10/h2-3,5,9,11-12H,4,6-8H2,1H3,(H2,18,19,21)/t9-,11+,12+/m1/s1. The number of carbonyl (C=O) groups is 1. The monoisotopic (exact) mass is 327 g/mol. The van der Waals surface area contributed by atoms with E-state index in [1.165, 1.54) is 18.2 Å². The summed E-state index contributed by atoms with van der Waals surface area (Å²) in [6.45, 7) is 4.50. The molecule has 120 valence electrons. The molecule has 2 amide bonds. The van der Waals surface area contributed by atoms with E-state index in [4.69, 9.17) is 16.3 Å². The van der Waals surface area contributed by atoms with Crippen LogP contribution in [0.15, 0.2) is 18.2 Å². The highest BCUT2D eigenvalue weighted by atomic mass is 35.5. The van der Waals surface area contributed by atoms with Crippen molar-refractivity contribution in [2.24, 2.45) is 0 Å². The van der Waals surface area contributed by atoms with Gasteiger partial charge in [0.2, 0.25) is 0 Å². The van der Waals surface area contributed by atoms with E-state index in [0.717, 1.165) is 19.5 Å². The summed E-state index contributed by atoms with van der Waals surface area (Å²) in [5.41, 5.74) is 0.469. The zero-order valence-electron chi connectivity index (χ0n) is 12.3. The molecule has 22 heavy (non-hydrogen) atoms. The van der Waals surface area contributed by atoms with Crippen LogP contribution < -0.4 is 10.6 Å². The predicted octanol–water partition coefficient (Wildman–Crippen LogP) is 2.46. The second-order valence-corrected chi connectivity index (χ2v) is 6.32. The average molecular weight is 328 g/mol. The SMILES string of the molecule is C[C@@H]1CN2C[C@@H](NC(=O)Nc3ccc(F)c(Cl)c3)C[C@H]2CO1. The number of amides is 2. The number of fused-ring (bicyclic) bond motifs is 1. The third kappa shape index (κ3) is 3.51. The molecule has 0 unspecified atom stereocenters. The van der Waals surface area contributed by atoms with Gasteiger partial charge in [0.1, 0.15) is 5.82 Å². The molecule has 0 bridgehead atoms. The lowest BCUT2D eigenvalue weighted by Gasteiger charge is -2.33. The van der Waals surface area contributed by atoms with E-state index in [-0.39, 0.29) is 23.2 Å². The van der Waals surface area contributed by atoms with Gasteiger partial charge in [-0.05, 0) is 31.5 Å². The van der Waals surface area contributed by atoms with Crippen molar-refractivity contribution in [1.82, 2.24) is 10.2 Å². The molecular formula is C15H19ClFN3O2. The lowest BCUT2D eigenvalue weighted by atomic mass is 10.1. The lowest BCUT2D eigenvalue weighted by molar-refractivity contribution is -0.0390. The molecule has 0 aliphatic carbocycles. The van der Waals surface area contributed by atoms with Gasteiger partial charge in [0, 0.05) is 30.9 Å². The van der Waals surface area contributed by atoms with Crippen molar-refractivity contribution < 1.29 is 13.9 Å². The van der Waals surface area contributed by atoms with Gasteiger partial charge in [-0.25, -0.2) is 9.18 Å². The Morgan fingerprint density at radius 1 is 1.45 bits per heavy atom. The van der Waals surface area contributed by atoms with Crippen LogP contribution in [0.2, 0.25) is 5.02 Å². The Balaban J connectivity index is 1.53. The molecule has 2 heterocycles. The van der Waals surface area contributed by atoms with E-state index in [9.17, 15) is 9.18 Å². The number of nitrogens with zero attached hydrogens (tertiary/aromatic N) is 1. The highest BCUT2D eigenvalue weighted by Crippen LogP contribution is 2.23. The van der Waals surface area contributed by atoms with Crippen LogP contribution in [0.3, 0.4) is 0 Å². The maximum Gasteiger partial charge on any atom is 0.319 e. The van der Waals surface area contributed by atoms with Gasteiger partial charge in [-0.1, -0.05) is 11.6 Å². The summed E-state index contributed by atoms with van der Waals surface area (Å²) in [6.07, 6.45) is 1.12. The van der Waals surface area contributed by atoms with Crippen molar-refractivity contribution in [2.45, 2.75) is 31.5 Å². The maximum absolute atomic E-state index is 13.1. The Morgan fingerprint density at radius 2 is 2.27 bits per heavy atom. The Bertz CT molecular complexity index is 572. The molecule has 0 aromatic heterocycles. The molecule has 3 atom stereocenters. The number of rotatable bonds is 2. The predicted molar refractivity (Wildman–Crippen MR) is 82.7 cm³/mol. The van der Waals surface area contributed by atoms with E-state index < -0.39 is 5.82 Å². The van der Waals surface area contributed by atoms with Crippen LogP contribution in [0, 0.1) is 5.82 Å². The third-order valence-electron chi connectivity index (χ3n) is 4.11. The van der Waals surface area contributed by atoms with Crippen LogP contribution in [0.25, 0.3) is 0 Å². The zero-order chi connectivity index (χ0) is 15.7. The number of hydrogen-bond donors (Lipinski definition) is 2. The highest BCUT2D eigenvalue weighted by Gasteiger charge is 2.36. The number of morpholine rings is 1. The summed E-state index contributed by atoms with van der Waals surface area (Å²) < 4.78 is 18.7. The Kier molecular flexibility index (Phi) is 4.52. The molecule has 5 nitrogen and oxygen atoms in total. The second-order valence-electron chi connectivity index (χ2n) is 5.91. The maximum atomic E-state index is 13.1. The quantitative estimate of drug-likeness (QED) is 0.877. The molecule has 7 heteroatoms. The van der Waals surface area contributed by atoms with Crippen molar-refractivity contribution in [3.8, 4) is 0 Å². The van der Waals surface area contributed by atoms with Crippen molar-refractivity contribution in [2.75, 3.05) is 25.0 Å². The molecule has 0 saturated carbocycles. The first kappa shape index (κ1) is 15.5. The molecule has 0 spiro atoms. The third-order valence-corrected chi connectivity index (χ3v) is 4.39. The fourth-order valence-electron chi connectivity index (χ4n) is 3.07. The number of anilines is 1. The van der Waals surface area contributed by atoms with E-state index in [1.54, 1.807) is 0 Å². The van der Waals surface area contributed by atoms with Crippen LogP contribution in [-0.2, 0) is 4.74 Å². The Labute approximate surface area is 133 Å². The molecule has 2 aliphatic rings. The molecule has 1 aromatic carbocycles. The molecule has 2 fully saturated rings. The fraction of sp³-hybridized carbons (Fsp3) is 0.533. The minimum atomic E-state index is -0.505. The number of urea groups is 1. The van der Waals surface area contributed by atoms with Gasteiger partial charge in [0.05, 0.1) is 17.7 Å². The van der Waals surface area contributed by atoms with Crippen molar-refractivity contribution in [1.29, 1.82) is 0 Å². The first-order valence-electron chi connectivity index (χ1n) is 7.39. The Morgan fingerprint density at radius 3 is 3.05 bits per heavy atom. The van der Waals surface area contributed by atoms with Gasteiger partial charge in [0.15, 0.2) is 0 Å². The number of hydrogen-bond acceptors (Lipinski definition) is 3. The van der Waals surface area contributed by atoms with Gasteiger partial charge in [-0.2, -0.15) is 0 Å². The number of halogens is 2. The second kappa shape index (κ2) is 6.40. The molecule has 2 saturated heterocycles. The summed E-state index contributed by atoms with van der Waals surface area (Å²) in [5.74, 6) is -0.505. The van der Waals surface area contributed by atoms with Crippen LogP contribution in [0.4, 0.5) is 14.9 Å². The summed E-state index contributed by atoms with van der Waals surface area (Å²) in [5, 5.41) is 5.61. The van der Waals surface area contributed by atoms with Gasteiger partial charge in [-0.3, -0.25) is 4.90 Å². The smallest absolute Gasteiger partial charge is 0.319 e. The largest absolute Gasteiger partial charge is 0.376 e. The molecule has 3 rings (SSSR count). The summed E-state index contributed by atoms with van der Waals surface area (Å²) in [7, 11) is 0. The molecule has 2 N–H and O–H groups in total. The van der Waals surface area contributed by atoms with Gasteiger partial charge >= 0.3 is 6.03 Å². The normalized spacial score (nSPS) is 28.2. The first-order chi connectivity index (χ1) is 10.5. The molecule has 2 aliphatic heterocycles. The van der Waals surface area contributed by atoms with Gasteiger partial charge in [-0.15, -0.1) is 0 Å². The fourth-order valence-corrected chi connectivity index (χ4v) is 3.25. The van der Waals surface area contributed by atoms with Crippen molar-refractivity contribution >= 4 is 23.3 Å². The van der Waals surface area contributed by atoms with Crippen LogP contribution in [-0.4, -0.2) is 48.8 Å². The van der Waals surface area contributed by atoms with E-state index in [1.807, 2.05) is 0 Å². The number of benzene rings is 1. The minimum Gasteiger partial charge on any atom is -0.376 e. The number of nitrogens with one attached hydrogen (secondary N) is 2. The van der Waals surface area contributed by atoms with E-state index >= 15 is 0 Å². The average Bonchev–Trinajstić information content (AvgIpc) is 2.84. The van der Waals surface area contributed by atoms with Crippen LogP contribution in [0.1, 0.15) is 13.3 Å². The van der Waals surface area contributed by atoms with Crippen molar-refractivity contribution in [3.05, 3.63) is 29.0 Å². The minimum absolute atomic E-state index is 0.0121. The molecular weight excluding hydrogens is 309 g/mol. The zero-order valence-corrected chi connectivity index (χ0v) is 13.1.